The number of hydrogen-bond donors (Lipinski definition) is 0. The van der Waals surface area contributed by atoms with Crippen LogP contribution in [0.4, 0.5) is 0 Å². The number of allylic oxidation sites excluding steroid dienone is 11. The van der Waals surface area contributed by atoms with Crippen molar-refractivity contribution in [1.29, 1.82) is 0 Å². The number of para-hydroxylation sites is 2. The highest BCUT2D eigenvalue weighted by atomic mass is 32.1. The minimum atomic E-state index is -0.187. The Balaban J connectivity index is 0.000000356. The van der Waals surface area contributed by atoms with Crippen LogP contribution in [-0.2, 0) is 10.8 Å². The first kappa shape index (κ1) is 58.9. The molecule has 1 nitrogen and oxygen atoms in total. The van der Waals surface area contributed by atoms with Crippen LogP contribution in [0.1, 0.15) is 85.9 Å². The van der Waals surface area contributed by atoms with E-state index in [4.69, 9.17) is 0 Å². The summed E-state index contributed by atoms with van der Waals surface area (Å²) in [4.78, 5) is 0. The normalized spacial score (nSPS) is 14.7. The Kier molecular flexibility index (Phi) is 17.0. The minimum Gasteiger partial charge on any atom is -0.309 e. The number of thiophene rings is 1. The summed E-state index contributed by atoms with van der Waals surface area (Å²) in [6, 6.07) is 97.3. The van der Waals surface area contributed by atoms with Gasteiger partial charge >= 0.3 is 0 Å². The molecule has 0 fully saturated rings. The van der Waals surface area contributed by atoms with Gasteiger partial charge in [-0.2, -0.15) is 0 Å². The predicted molar refractivity (Wildman–Crippen MR) is 392 cm³/mol. The van der Waals surface area contributed by atoms with E-state index < -0.39 is 0 Å². The number of fused-ring (bicyclic) bond motifs is 6. The smallest absolute Gasteiger partial charge is 0.0541 e. The molecule has 438 valence electrons. The molecule has 13 aromatic rings. The van der Waals surface area contributed by atoms with Gasteiger partial charge in [0.1, 0.15) is 0 Å². The van der Waals surface area contributed by atoms with Gasteiger partial charge in [0.2, 0.25) is 0 Å². The third-order valence-corrected chi connectivity index (χ3v) is 19.5. The summed E-state index contributed by atoms with van der Waals surface area (Å²) in [5.74, 6) is 0. The maximum atomic E-state index is 3.93. The zero-order valence-electron chi connectivity index (χ0n) is 52.2. The molecule has 0 N–H and O–H groups in total. The molecule has 2 heteroatoms. The van der Waals surface area contributed by atoms with Gasteiger partial charge in [0.15, 0.2) is 0 Å². The van der Waals surface area contributed by atoms with E-state index >= 15 is 0 Å². The number of hydrogen-bond acceptors (Lipinski definition) is 1. The van der Waals surface area contributed by atoms with Crippen LogP contribution < -0.4 is 0 Å². The van der Waals surface area contributed by atoms with Crippen molar-refractivity contribution in [2.45, 2.75) is 64.7 Å². The molecule has 0 spiro atoms. The van der Waals surface area contributed by atoms with Crippen LogP contribution in [0.5, 0.6) is 0 Å². The summed E-state index contributed by atoms with van der Waals surface area (Å²) < 4.78 is 5.03. The summed E-state index contributed by atoms with van der Waals surface area (Å²) in [6.45, 7) is 15.1. The van der Waals surface area contributed by atoms with Crippen molar-refractivity contribution in [3.63, 3.8) is 0 Å². The number of aryl methyl sites for hydroxylation is 1. The molecule has 15 rings (SSSR count). The summed E-state index contributed by atoms with van der Waals surface area (Å²) in [5.41, 5.74) is 23.6. The Morgan fingerprint density at radius 2 is 0.978 bits per heavy atom. The second-order valence-electron chi connectivity index (χ2n) is 24.6. The lowest BCUT2D eigenvalue weighted by Gasteiger charge is -2.29. The van der Waals surface area contributed by atoms with Gasteiger partial charge in [-0.05, 0) is 165 Å². The summed E-state index contributed by atoms with van der Waals surface area (Å²) in [7, 11) is 0. The molecule has 1 atom stereocenters. The van der Waals surface area contributed by atoms with Crippen LogP contribution in [0.25, 0.3) is 97.8 Å². The summed E-state index contributed by atoms with van der Waals surface area (Å²) in [6.07, 6.45) is 21.3. The standard InChI is InChI=1S/C70H55NS.C11H12.C7H8/c1-69(2,55-36-40-68-64(46-55)63-45-52(31-39-67(63)72-68)49-29-37-56(38-30-49)71-65-23-13-11-21-61(65)62-22-12-14-24-66(62)71)53-32-25-47(26-33-53)48-27-34-54(35-28-48)70(3)43-41-51(42-44-70)58-18-8-10-20-60(58)59-19-9-7-17-57(59)50-15-5-4-6-16-50;1-3-7-10(2)11-8-5-4-6-9-11;1-7-5-3-2-4-6-7/h5,7-43,45-46H,4,6,44H2,1-3H3;3-9H,2H2,1H3;2-6H,1H3/b;7-3-;. The first-order valence-corrected chi connectivity index (χ1v) is 32.5. The predicted octanol–water partition coefficient (Wildman–Crippen LogP) is 24.8. The molecule has 2 aliphatic carbocycles. The molecule has 2 heterocycles. The highest BCUT2D eigenvalue weighted by molar-refractivity contribution is 7.25. The van der Waals surface area contributed by atoms with Crippen molar-refractivity contribution in [1.82, 2.24) is 4.57 Å². The molecule has 0 radical (unpaired) electrons. The second kappa shape index (κ2) is 25.9. The van der Waals surface area contributed by atoms with E-state index in [0.29, 0.717) is 0 Å². The number of benzene rings is 11. The monoisotopic (exact) mass is 1180 g/mol. The number of aromatic nitrogens is 1. The van der Waals surface area contributed by atoms with Crippen molar-refractivity contribution < 1.29 is 0 Å². The third kappa shape index (κ3) is 12.1. The first-order chi connectivity index (χ1) is 44.0. The Hall–Kier alpha value is -10.1. The van der Waals surface area contributed by atoms with E-state index in [2.05, 4.69) is 306 Å². The fourth-order valence-corrected chi connectivity index (χ4v) is 14.1. The van der Waals surface area contributed by atoms with Crippen LogP contribution in [0.15, 0.2) is 322 Å². The Morgan fingerprint density at radius 1 is 0.478 bits per heavy atom. The summed E-state index contributed by atoms with van der Waals surface area (Å²) >= 11 is 1.88. The van der Waals surface area contributed by atoms with Gasteiger partial charge < -0.3 is 4.57 Å². The molecule has 2 aliphatic rings. The van der Waals surface area contributed by atoms with Gasteiger partial charge in [0, 0.05) is 47.5 Å². The van der Waals surface area contributed by atoms with Crippen LogP contribution >= 0.6 is 11.3 Å². The van der Waals surface area contributed by atoms with Crippen LogP contribution in [0, 0.1) is 6.92 Å². The second-order valence-corrected chi connectivity index (χ2v) is 25.7. The van der Waals surface area contributed by atoms with Crippen molar-refractivity contribution >= 4 is 70.0 Å². The molecule has 0 saturated heterocycles. The van der Waals surface area contributed by atoms with Gasteiger partial charge in [0.25, 0.3) is 0 Å². The lowest BCUT2D eigenvalue weighted by molar-refractivity contribution is 0.601. The maximum Gasteiger partial charge on any atom is 0.0541 e. The Bertz CT molecular complexity index is 4830. The molecule has 11 aromatic carbocycles. The summed E-state index contributed by atoms with van der Waals surface area (Å²) in [5, 5.41) is 5.21. The quantitative estimate of drug-likeness (QED) is 0.114. The fraction of sp³-hybridized carbons (Fsp3) is 0.114. The van der Waals surface area contributed by atoms with Gasteiger partial charge in [0.05, 0.1) is 11.0 Å². The van der Waals surface area contributed by atoms with Crippen molar-refractivity contribution in [3.05, 3.63) is 361 Å². The minimum absolute atomic E-state index is 0.0856. The maximum absolute atomic E-state index is 3.93. The fourth-order valence-electron chi connectivity index (χ4n) is 13.0. The Labute approximate surface area is 536 Å². The molecule has 0 bridgehead atoms. The van der Waals surface area contributed by atoms with E-state index in [-0.39, 0.29) is 10.8 Å². The average molecular weight is 1180 g/mol. The van der Waals surface area contributed by atoms with E-state index in [1.165, 1.54) is 131 Å². The lowest BCUT2D eigenvalue weighted by Crippen LogP contribution is -2.20. The van der Waals surface area contributed by atoms with Gasteiger partial charge in [-0.3, -0.25) is 0 Å². The Morgan fingerprint density at radius 3 is 1.54 bits per heavy atom. The molecule has 0 saturated carbocycles. The zero-order valence-corrected chi connectivity index (χ0v) is 53.0. The van der Waals surface area contributed by atoms with E-state index in [1.54, 1.807) is 0 Å². The molecular weight excluding hydrogens is 1100 g/mol. The van der Waals surface area contributed by atoms with Crippen LogP contribution in [0.2, 0.25) is 0 Å². The number of nitrogens with zero attached hydrogens (tertiary/aromatic N) is 1. The van der Waals surface area contributed by atoms with Gasteiger partial charge in [-0.1, -0.05) is 300 Å². The van der Waals surface area contributed by atoms with Gasteiger partial charge in [-0.25, -0.2) is 0 Å². The molecule has 0 aliphatic heterocycles. The molecular formula is C88H75NS. The van der Waals surface area contributed by atoms with Crippen molar-refractivity contribution in [2.75, 3.05) is 0 Å². The molecule has 2 aromatic heterocycles. The van der Waals surface area contributed by atoms with E-state index in [9.17, 15) is 0 Å². The van der Waals surface area contributed by atoms with E-state index in [1.807, 2.05) is 66.8 Å². The third-order valence-electron chi connectivity index (χ3n) is 18.3. The van der Waals surface area contributed by atoms with Crippen LogP contribution in [0.3, 0.4) is 0 Å². The van der Waals surface area contributed by atoms with Crippen molar-refractivity contribution in [3.8, 4) is 39.1 Å². The van der Waals surface area contributed by atoms with Crippen molar-refractivity contribution in [2.24, 2.45) is 0 Å². The zero-order chi connectivity index (χ0) is 61.6. The topological polar surface area (TPSA) is 4.93 Å². The molecule has 90 heavy (non-hydrogen) atoms. The lowest BCUT2D eigenvalue weighted by atomic mass is 9.74. The molecule has 1 unspecified atom stereocenters. The first-order valence-electron chi connectivity index (χ1n) is 31.6. The SMILES string of the molecule is C=C(/C=C\C)c1ccccc1.CC1(c2ccc(-c3ccc(C(C)(C)c4ccc5sc6ccc(-c7ccc(-n8c9ccccc9c9ccccc98)cc7)cc6c5c4)cc3)cc2)C=CC(c2ccccc2-c2ccccc2C2=CCCC=C2)=CC1.Cc1ccccc1. The largest absolute Gasteiger partial charge is 0.309 e. The molecule has 0 amide bonds. The van der Waals surface area contributed by atoms with Gasteiger partial charge in [-0.15, -0.1) is 11.3 Å². The van der Waals surface area contributed by atoms with Crippen LogP contribution in [-0.4, -0.2) is 4.57 Å². The number of rotatable bonds is 11. The highest BCUT2D eigenvalue weighted by Gasteiger charge is 2.28. The van der Waals surface area contributed by atoms with E-state index in [0.717, 1.165) is 24.8 Å². The highest BCUT2D eigenvalue weighted by Crippen LogP contribution is 2.44. The average Bonchev–Trinajstić information content (AvgIpc) is 1.64.